The van der Waals surface area contributed by atoms with Crippen LogP contribution in [-0.4, -0.2) is 194 Å². The molecule has 24 nitrogen and oxygen atoms in total. The van der Waals surface area contributed by atoms with Crippen LogP contribution in [0.25, 0.3) is 0 Å². The average molecular weight is 1300 g/mol. The number of aliphatic hydroxyl groups is 1. The Bertz CT molecular complexity index is 3040. The molecule has 0 spiro atoms. The Hall–Kier alpha value is -6.66. The summed E-state index contributed by atoms with van der Waals surface area (Å²) in [6, 6.07) is 46.6. The summed E-state index contributed by atoms with van der Waals surface area (Å²) in [4.78, 5) is 54.9. The summed E-state index contributed by atoms with van der Waals surface area (Å²) < 4.78 is 121. The second kappa shape index (κ2) is 35.2. The van der Waals surface area contributed by atoms with Gasteiger partial charge in [-0.1, -0.05) is 159 Å². The van der Waals surface area contributed by atoms with Gasteiger partial charge in [-0.15, -0.1) is 0 Å². The molecule has 9 rings (SSSR count). The minimum absolute atomic E-state index is 0.0577. The molecule has 0 bridgehead atoms. The van der Waals surface area contributed by atoms with Crippen molar-refractivity contribution in [2.45, 2.75) is 171 Å². The predicted octanol–water partition coefficient (Wildman–Crippen LogP) is 6.11. The number of rotatable bonds is 30. The Kier molecular flexibility index (Phi) is 26.7. The fourth-order valence-corrected chi connectivity index (χ4v) is 11.7. The van der Waals surface area contributed by atoms with Gasteiger partial charge in [0, 0.05) is 55.3 Å². The van der Waals surface area contributed by atoms with Crippen LogP contribution < -0.4 is 0 Å². The van der Waals surface area contributed by atoms with Gasteiger partial charge in [0.05, 0.1) is 26.4 Å². The van der Waals surface area contributed by atoms with Crippen LogP contribution >= 0.6 is 0 Å². The van der Waals surface area contributed by atoms with Crippen molar-refractivity contribution in [3.05, 3.63) is 179 Å². The zero-order valence-electron chi connectivity index (χ0n) is 53.3. The van der Waals surface area contributed by atoms with Crippen LogP contribution in [0.3, 0.4) is 0 Å². The number of carbonyl (C=O) groups is 4. The van der Waals surface area contributed by atoms with Gasteiger partial charge >= 0.3 is 23.9 Å². The van der Waals surface area contributed by atoms with Gasteiger partial charge in [0.15, 0.2) is 37.4 Å². The van der Waals surface area contributed by atoms with E-state index < -0.39 is 153 Å². The maximum atomic E-state index is 15.1. The molecule has 8 unspecified atom stereocenters. The van der Waals surface area contributed by atoms with Crippen molar-refractivity contribution in [1.82, 2.24) is 0 Å². The van der Waals surface area contributed by atoms with Crippen LogP contribution in [0.1, 0.15) is 48.6 Å². The van der Waals surface area contributed by atoms with E-state index in [1.54, 1.807) is 55.5 Å². The molecule has 0 radical (unpaired) electrons. The fourth-order valence-electron chi connectivity index (χ4n) is 11.7. The summed E-state index contributed by atoms with van der Waals surface area (Å²) in [6.07, 6.45) is -25.3. The van der Waals surface area contributed by atoms with E-state index in [2.05, 4.69) is 0 Å². The second-order valence-corrected chi connectivity index (χ2v) is 22.7. The minimum atomic E-state index is -1.72. The van der Waals surface area contributed by atoms with E-state index in [1.165, 1.54) is 49.4 Å². The molecular weight excluding hydrogens is 1210 g/mol. The molecule has 0 saturated carbocycles. The molecule has 20 atom stereocenters. The summed E-state index contributed by atoms with van der Waals surface area (Å²) in [7, 11) is 6.93. The largest absolute Gasteiger partial charge is 0.463 e. The minimum Gasteiger partial charge on any atom is -0.463 e. The Morgan fingerprint density at radius 2 is 0.785 bits per heavy atom. The molecule has 0 amide bonds. The van der Waals surface area contributed by atoms with Gasteiger partial charge in [0.2, 0.25) is 0 Å². The molecule has 4 fully saturated rings. The SMILES string of the molecule is COC1C(OC)[C@H](O[C@H]2O[C@@H](COC(C)=O)[C@@H](O[C@@H]3OC(C(=O)OCc4ccccc4)[C@@H](O)[C@H](OC)C3OC)C(OC(C)=O)C2C)[C@@H](C(=O)OCc2ccccc2)O[C@H]1O[C@@H]1C(COCc2ccccc2)O[C@@H](OC)C(OCc2ccccc2)[C@@H]1OCc1ccccc1. The number of carbonyl (C=O) groups excluding carboxylic acids is 4. The molecule has 0 aromatic heterocycles. The van der Waals surface area contributed by atoms with E-state index in [-0.39, 0.29) is 39.6 Å². The number of hydrogen-bond donors (Lipinski definition) is 1. The zero-order chi connectivity index (χ0) is 65.8. The summed E-state index contributed by atoms with van der Waals surface area (Å²) in [5, 5.41) is 11.5. The lowest BCUT2D eigenvalue weighted by atomic mass is 9.90. The lowest BCUT2D eigenvalue weighted by Crippen LogP contribution is -2.68. The van der Waals surface area contributed by atoms with Crippen LogP contribution in [-0.2, 0) is 142 Å². The Labute approximate surface area is 540 Å². The van der Waals surface area contributed by atoms with Gasteiger partial charge in [-0.25, -0.2) is 9.59 Å². The summed E-state index contributed by atoms with van der Waals surface area (Å²) in [6.45, 7) is 3.49. The number of hydrogen-bond acceptors (Lipinski definition) is 24. The van der Waals surface area contributed by atoms with Crippen molar-refractivity contribution < 1.29 is 114 Å². The van der Waals surface area contributed by atoms with Gasteiger partial charge in [-0.3, -0.25) is 9.59 Å². The van der Waals surface area contributed by atoms with E-state index in [1.807, 2.05) is 103 Å². The molecular formula is C69H84O24. The zero-order valence-corrected chi connectivity index (χ0v) is 53.3. The first kappa shape index (κ1) is 70.7. The van der Waals surface area contributed by atoms with E-state index in [0.717, 1.165) is 16.7 Å². The summed E-state index contributed by atoms with van der Waals surface area (Å²) in [5.74, 6) is -4.38. The fraction of sp³-hybridized carbons (Fsp3) is 0.507. The van der Waals surface area contributed by atoms with Crippen LogP contribution in [0.5, 0.6) is 0 Å². The van der Waals surface area contributed by atoms with E-state index in [9.17, 15) is 19.5 Å². The quantitative estimate of drug-likeness (QED) is 0.0401. The molecule has 4 heterocycles. The summed E-state index contributed by atoms with van der Waals surface area (Å²) >= 11 is 0. The average Bonchev–Trinajstić information content (AvgIpc) is 0.811. The highest BCUT2D eigenvalue weighted by atomic mass is 16.8. The number of aliphatic hydroxyl groups excluding tert-OH is 1. The Morgan fingerprint density at radius 1 is 0.376 bits per heavy atom. The second-order valence-electron chi connectivity index (χ2n) is 22.7. The Morgan fingerprint density at radius 3 is 1.26 bits per heavy atom. The molecule has 0 aliphatic carbocycles. The first-order chi connectivity index (χ1) is 45.2. The Balaban J connectivity index is 1.05. The van der Waals surface area contributed by atoms with Crippen molar-refractivity contribution in [3.63, 3.8) is 0 Å². The highest BCUT2D eigenvalue weighted by Crippen LogP contribution is 2.40. The highest BCUT2D eigenvalue weighted by Gasteiger charge is 2.59. The number of benzene rings is 5. The monoisotopic (exact) mass is 1300 g/mol. The molecule has 1 N–H and O–H groups in total. The van der Waals surface area contributed by atoms with Crippen molar-refractivity contribution in [2.24, 2.45) is 5.92 Å². The van der Waals surface area contributed by atoms with Crippen LogP contribution in [0.2, 0.25) is 0 Å². The van der Waals surface area contributed by atoms with Crippen LogP contribution in [0.15, 0.2) is 152 Å². The molecule has 4 aliphatic rings. The smallest absolute Gasteiger partial charge is 0.338 e. The molecule has 4 aliphatic heterocycles. The third kappa shape index (κ3) is 18.6. The first-order valence-electron chi connectivity index (χ1n) is 30.8. The predicted molar refractivity (Wildman–Crippen MR) is 325 cm³/mol. The first-order valence-corrected chi connectivity index (χ1v) is 30.8. The van der Waals surface area contributed by atoms with Gasteiger partial charge in [-0.05, 0) is 27.8 Å². The molecule has 5 aromatic carbocycles. The third-order valence-corrected chi connectivity index (χ3v) is 16.4. The summed E-state index contributed by atoms with van der Waals surface area (Å²) in [5.41, 5.74) is 3.93. The standard InChI is InChI=1S/C69H84O24/c1-41-52(86-43(3)71)53(89-68-61(77-6)55(75-4)51(72)56(91-68)64(73)84-37-47-30-20-12-21-31-47)50(40-81-42(2)70)87-66(41)92-59-57(76-5)62(78-7)69(93-60(59)65(74)85-38-48-32-22-13-23-33-48)90-54-49(39-80-34-44-24-14-9-15-25-44)88-67(79-8)63(83-36-46-28-18-11-19-29-46)58(54)82-35-45-26-16-10-17-27-45/h9-33,41,49-63,66-69,72H,34-40H2,1-8H3/t41?,49?,50-,51-,52?,53+,54+,55-,56?,57?,58+,59-,60-,61?,62?,63?,66+,67+,68+,69+/m0/s1. The van der Waals surface area contributed by atoms with Gasteiger partial charge in [0.1, 0.15) is 99.2 Å². The van der Waals surface area contributed by atoms with Crippen molar-refractivity contribution in [3.8, 4) is 0 Å². The normalized spacial score (nSPS) is 31.2. The molecule has 504 valence electrons. The van der Waals surface area contributed by atoms with Crippen molar-refractivity contribution in [2.75, 3.05) is 48.8 Å². The van der Waals surface area contributed by atoms with Crippen molar-refractivity contribution in [1.29, 1.82) is 0 Å². The maximum Gasteiger partial charge on any atom is 0.338 e. The third-order valence-electron chi connectivity index (χ3n) is 16.4. The molecule has 24 heteroatoms. The van der Waals surface area contributed by atoms with E-state index >= 15 is 4.79 Å². The molecule has 5 aromatic rings. The van der Waals surface area contributed by atoms with Crippen LogP contribution in [0, 0.1) is 5.92 Å². The topological polar surface area (TPSA) is 264 Å². The molecule has 4 saturated heterocycles. The van der Waals surface area contributed by atoms with Gasteiger partial charge in [-0.2, -0.15) is 0 Å². The van der Waals surface area contributed by atoms with Crippen molar-refractivity contribution >= 4 is 23.9 Å². The van der Waals surface area contributed by atoms with Gasteiger partial charge in [0.25, 0.3) is 0 Å². The lowest BCUT2D eigenvalue weighted by molar-refractivity contribution is -0.385. The van der Waals surface area contributed by atoms with Gasteiger partial charge < -0.3 is 95.1 Å². The lowest BCUT2D eigenvalue weighted by Gasteiger charge is -2.51. The molecule has 93 heavy (non-hydrogen) atoms. The maximum absolute atomic E-state index is 15.1. The van der Waals surface area contributed by atoms with Crippen LogP contribution in [0.4, 0.5) is 0 Å². The number of esters is 4. The number of ether oxygens (including phenoxy) is 19. The van der Waals surface area contributed by atoms with E-state index in [0.29, 0.717) is 11.1 Å². The number of methoxy groups -OCH3 is 5. The highest BCUT2D eigenvalue weighted by molar-refractivity contribution is 5.76. The van der Waals surface area contributed by atoms with E-state index in [4.69, 9.17) is 90.0 Å².